The predicted octanol–water partition coefficient (Wildman–Crippen LogP) is 8.05. The van der Waals surface area contributed by atoms with Gasteiger partial charge in [0.1, 0.15) is 0 Å². The Balaban J connectivity index is 3.37. The molecule has 0 heterocycles. The summed E-state index contributed by atoms with van der Waals surface area (Å²) in [5.41, 5.74) is 0. The first kappa shape index (κ1) is 24.0. The second-order valence-electron chi connectivity index (χ2n) is 7.91. The molecule has 1 heteroatoms. The Kier molecular flexibility index (Phi) is 21.0. The maximum absolute atomic E-state index is 9.25. The van der Waals surface area contributed by atoms with Crippen LogP contribution in [-0.2, 0) is 0 Å². The zero-order chi connectivity index (χ0) is 17.7. The molecule has 0 aliphatic rings. The molecule has 0 saturated carbocycles. The molecule has 0 aromatic carbocycles. The lowest BCUT2D eigenvalue weighted by Gasteiger charge is -2.15. The maximum atomic E-state index is 9.25. The SMILES string of the molecule is CCCCCCCCCCCCCC(CCO)CCCCCCC. The number of hydrogen-bond donors (Lipinski definition) is 1. The second-order valence-corrected chi connectivity index (χ2v) is 7.91. The number of unbranched alkanes of at least 4 members (excludes halogenated alkanes) is 14. The van der Waals surface area contributed by atoms with E-state index in [1.807, 2.05) is 0 Å². The van der Waals surface area contributed by atoms with Crippen molar-refractivity contribution in [1.29, 1.82) is 0 Å². The van der Waals surface area contributed by atoms with Crippen LogP contribution in [0.3, 0.4) is 0 Å². The van der Waals surface area contributed by atoms with Crippen LogP contribution in [0.1, 0.15) is 136 Å². The molecule has 0 aliphatic heterocycles. The highest BCUT2D eigenvalue weighted by molar-refractivity contribution is 4.61. The van der Waals surface area contributed by atoms with Crippen molar-refractivity contribution in [3.63, 3.8) is 0 Å². The standard InChI is InChI=1S/C23H48O/c1-3-5-7-9-10-11-12-13-14-16-18-20-23(21-22-24)19-17-15-8-6-4-2/h23-24H,3-22H2,1-2H3. The topological polar surface area (TPSA) is 20.2 Å². The van der Waals surface area contributed by atoms with Gasteiger partial charge in [-0.05, 0) is 12.3 Å². The average molecular weight is 341 g/mol. The van der Waals surface area contributed by atoms with Crippen molar-refractivity contribution < 1.29 is 5.11 Å². The Morgan fingerprint density at radius 1 is 0.458 bits per heavy atom. The molecule has 0 aromatic heterocycles. The molecule has 1 N–H and O–H groups in total. The molecule has 0 fully saturated rings. The van der Waals surface area contributed by atoms with Gasteiger partial charge in [0.05, 0.1) is 0 Å². The van der Waals surface area contributed by atoms with E-state index >= 15 is 0 Å². The van der Waals surface area contributed by atoms with Crippen LogP contribution in [0.25, 0.3) is 0 Å². The van der Waals surface area contributed by atoms with Gasteiger partial charge < -0.3 is 5.11 Å². The van der Waals surface area contributed by atoms with E-state index in [9.17, 15) is 5.11 Å². The van der Waals surface area contributed by atoms with Crippen LogP contribution in [0, 0.1) is 5.92 Å². The molecule has 1 atom stereocenters. The number of rotatable bonds is 20. The molecule has 24 heavy (non-hydrogen) atoms. The van der Waals surface area contributed by atoms with Crippen molar-refractivity contribution in [3.05, 3.63) is 0 Å². The molecule has 0 spiro atoms. The third-order valence-corrected chi connectivity index (χ3v) is 5.47. The molecule has 1 nitrogen and oxygen atoms in total. The highest BCUT2D eigenvalue weighted by Gasteiger charge is 2.07. The van der Waals surface area contributed by atoms with Gasteiger partial charge in [0.15, 0.2) is 0 Å². The first-order valence-corrected chi connectivity index (χ1v) is 11.5. The molecule has 146 valence electrons. The van der Waals surface area contributed by atoms with E-state index in [2.05, 4.69) is 13.8 Å². The Bertz CT molecular complexity index is 214. The number of aliphatic hydroxyl groups excluding tert-OH is 1. The highest BCUT2D eigenvalue weighted by atomic mass is 16.3. The zero-order valence-corrected chi connectivity index (χ0v) is 17.2. The van der Waals surface area contributed by atoms with Crippen molar-refractivity contribution >= 4 is 0 Å². The summed E-state index contributed by atoms with van der Waals surface area (Å²) in [5, 5.41) is 9.25. The molecule has 0 saturated heterocycles. The van der Waals surface area contributed by atoms with E-state index in [1.54, 1.807) is 0 Å². The van der Waals surface area contributed by atoms with Crippen LogP contribution in [0.2, 0.25) is 0 Å². The fourth-order valence-electron chi connectivity index (χ4n) is 3.75. The van der Waals surface area contributed by atoms with Crippen LogP contribution in [0.5, 0.6) is 0 Å². The van der Waals surface area contributed by atoms with E-state index in [-0.39, 0.29) is 0 Å². The van der Waals surface area contributed by atoms with E-state index < -0.39 is 0 Å². The Morgan fingerprint density at radius 2 is 0.792 bits per heavy atom. The number of hydrogen-bond acceptors (Lipinski definition) is 1. The maximum Gasteiger partial charge on any atom is 0.0433 e. The van der Waals surface area contributed by atoms with Crippen LogP contribution < -0.4 is 0 Å². The monoisotopic (exact) mass is 340 g/mol. The summed E-state index contributed by atoms with van der Waals surface area (Å²) in [7, 11) is 0. The quantitative estimate of drug-likeness (QED) is 0.222. The normalized spacial score (nSPS) is 12.6. The van der Waals surface area contributed by atoms with E-state index in [1.165, 1.54) is 116 Å². The second kappa shape index (κ2) is 21.0. The minimum atomic E-state index is 0.387. The minimum absolute atomic E-state index is 0.387. The molecule has 0 rings (SSSR count). The lowest BCUT2D eigenvalue weighted by Crippen LogP contribution is -2.03. The molecule has 0 radical (unpaired) electrons. The van der Waals surface area contributed by atoms with Crippen LogP contribution in [0.4, 0.5) is 0 Å². The van der Waals surface area contributed by atoms with Gasteiger partial charge in [-0.1, -0.05) is 129 Å². The summed E-state index contributed by atoms with van der Waals surface area (Å²) in [6.07, 6.45) is 26.3. The van der Waals surface area contributed by atoms with Gasteiger partial charge in [-0.2, -0.15) is 0 Å². The molecule has 0 aliphatic carbocycles. The summed E-state index contributed by atoms with van der Waals surface area (Å²) in [5.74, 6) is 0.787. The van der Waals surface area contributed by atoms with Gasteiger partial charge >= 0.3 is 0 Å². The van der Waals surface area contributed by atoms with Crippen LogP contribution in [-0.4, -0.2) is 11.7 Å². The molecular weight excluding hydrogens is 292 g/mol. The minimum Gasteiger partial charge on any atom is -0.396 e. The number of aliphatic hydroxyl groups is 1. The molecule has 0 aromatic rings. The summed E-state index contributed by atoms with van der Waals surface area (Å²) < 4.78 is 0. The fourth-order valence-corrected chi connectivity index (χ4v) is 3.75. The molecule has 1 unspecified atom stereocenters. The summed E-state index contributed by atoms with van der Waals surface area (Å²) in [6.45, 7) is 4.95. The lowest BCUT2D eigenvalue weighted by molar-refractivity contribution is 0.241. The Labute approximate surface area is 154 Å². The smallest absolute Gasteiger partial charge is 0.0433 e. The van der Waals surface area contributed by atoms with Crippen molar-refractivity contribution in [1.82, 2.24) is 0 Å². The zero-order valence-electron chi connectivity index (χ0n) is 17.2. The van der Waals surface area contributed by atoms with Gasteiger partial charge in [0, 0.05) is 6.61 Å². The van der Waals surface area contributed by atoms with Crippen LogP contribution in [0.15, 0.2) is 0 Å². The van der Waals surface area contributed by atoms with E-state index in [0.29, 0.717) is 6.61 Å². The summed E-state index contributed by atoms with van der Waals surface area (Å²) in [6, 6.07) is 0. The van der Waals surface area contributed by atoms with Gasteiger partial charge in [-0.25, -0.2) is 0 Å². The fraction of sp³-hybridized carbons (Fsp3) is 1.00. The van der Waals surface area contributed by atoms with Gasteiger partial charge in [0.25, 0.3) is 0 Å². The van der Waals surface area contributed by atoms with Crippen molar-refractivity contribution in [3.8, 4) is 0 Å². The molecular formula is C23H48O. The first-order chi connectivity index (χ1) is 11.8. The highest BCUT2D eigenvalue weighted by Crippen LogP contribution is 2.21. The lowest BCUT2D eigenvalue weighted by atomic mass is 9.92. The van der Waals surface area contributed by atoms with Crippen molar-refractivity contribution in [2.45, 2.75) is 136 Å². The third kappa shape index (κ3) is 18.3. The van der Waals surface area contributed by atoms with Crippen molar-refractivity contribution in [2.75, 3.05) is 6.61 Å². The largest absolute Gasteiger partial charge is 0.396 e. The summed E-state index contributed by atoms with van der Waals surface area (Å²) in [4.78, 5) is 0. The average Bonchev–Trinajstić information content (AvgIpc) is 2.59. The molecule has 0 amide bonds. The predicted molar refractivity (Wildman–Crippen MR) is 110 cm³/mol. The third-order valence-electron chi connectivity index (χ3n) is 5.47. The Morgan fingerprint density at radius 3 is 1.12 bits per heavy atom. The first-order valence-electron chi connectivity index (χ1n) is 11.5. The summed E-state index contributed by atoms with van der Waals surface area (Å²) >= 11 is 0. The van der Waals surface area contributed by atoms with E-state index in [4.69, 9.17) is 0 Å². The van der Waals surface area contributed by atoms with Gasteiger partial charge in [-0.3, -0.25) is 0 Å². The van der Waals surface area contributed by atoms with Crippen molar-refractivity contribution in [2.24, 2.45) is 5.92 Å². The Hall–Kier alpha value is -0.0400. The van der Waals surface area contributed by atoms with Crippen LogP contribution >= 0.6 is 0 Å². The molecule has 0 bridgehead atoms. The van der Waals surface area contributed by atoms with Gasteiger partial charge in [0.2, 0.25) is 0 Å². The van der Waals surface area contributed by atoms with E-state index in [0.717, 1.165) is 12.3 Å². The van der Waals surface area contributed by atoms with Gasteiger partial charge in [-0.15, -0.1) is 0 Å².